The average molecular weight is 650 g/mol. The maximum Gasteiger partial charge on any atom is 0.407 e. The van der Waals surface area contributed by atoms with Crippen LogP contribution in [0, 0.1) is 5.92 Å². The second-order valence-corrected chi connectivity index (χ2v) is 11.4. The van der Waals surface area contributed by atoms with Gasteiger partial charge in [0.1, 0.15) is 13.2 Å². The van der Waals surface area contributed by atoms with Gasteiger partial charge in [-0.15, -0.1) is 13.2 Å². The lowest BCUT2D eigenvalue weighted by atomic mass is 9.98. The van der Waals surface area contributed by atoms with Gasteiger partial charge < -0.3 is 30.1 Å². The van der Waals surface area contributed by atoms with E-state index in [4.69, 9.17) is 9.47 Å². The van der Waals surface area contributed by atoms with Crippen molar-refractivity contribution in [3.05, 3.63) is 97.1 Å². The van der Waals surface area contributed by atoms with Crippen molar-refractivity contribution >= 4 is 23.9 Å². The molecule has 47 heavy (non-hydrogen) atoms. The number of carbonyl (C=O) groups excluding carboxylic acids is 4. The Morgan fingerprint density at radius 2 is 1.57 bits per heavy atom. The van der Waals surface area contributed by atoms with Crippen LogP contribution in [0.5, 0.6) is 0 Å². The monoisotopic (exact) mass is 649 g/mol. The number of aliphatic hydroxyl groups is 1. The van der Waals surface area contributed by atoms with Crippen LogP contribution in [0.1, 0.15) is 68.9 Å². The zero-order valence-electron chi connectivity index (χ0n) is 27.4. The predicted octanol–water partition coefficient (Wildman–Crippen LogP) is 5.46. The third-order valence-electron chi connectivity index (χ3n) is 7.47. The normalized spacial score (nSPS) is 11.9. The van der Waals surface area contributed by atoms with Crippen LogP contribution in [0.25, 0.3) is 0 Å². The van der Waals surface area contributed by atoms with Crippen LogP contribution >= 0.6 is 0 Å². The summed E-state index contributed by atoms with van der Waals surface area (Å²) in [4.78, 5) is 52.7. The van der Waals surface area contributed by atoms with Crippen molar-refractivity contribution in [3.63, 3.8) is 0 Å². The van der Waals surface area contributed by atoms with Crippen LogP contribution in [-0.2, 0) is 37.0 Å². The van der Waals surface area contributed by atoms with Gasteiger partial charge in [0.15, 0.2) is 0 Å². The molecule has 0 fully saturated rings. The van der Waals surface area contributed by atoms with Gasteiger partial charge in [0.05, 0.1) is 18.6 Å². The quantitative estimate of drug-likeness (QED) is 0.0781. The van der Waals surface area contributed by atoms with E-state index in [1.54, 1.807) is 11.0 Å². The number of benzene rings is 2. The summed E-state index contributed by atoms with van der Waals surface area (Å²) in [5.41, 5.74) is 1.81. The molecule has 0 bridgehead atoms. The SMILES string of the molecule is C=CCCCCC(=O)OC[C@H](CCCCNC(=O)OCc1ccccc1)NC(=O)[C@H](CC=C)CC(=O)N(CCO)Cc1ccccc1. The van der Waals surface area contributed by atoms with E-state index in [1.165, 1.54) is 0 Å². The van der Waals surface area contributed by atoms with Crippen LogP contribution < -0.4 is 10.6 Å². The molecule has 3 amide bonds. The number of rotatable bonds is 24. The molecule has 0 radical (unpaired) electrons. The number of hydrogen-bond acceptors (Lipinski definition) is 7. The molecule has 2 rings (SSSR count). The number of alkyl carbamates (subject to hydrolysis) is 1. The summed E-state index contributed by atoms with van der Waals surface area (Å²) in [5, 5.41) is 15.3. The first-order valence-corrected chi connectivity index (χ1v) is 16.4. The van der Waals surface area contributed by atoms with Gasteiger partial charge in [-0.3, -0.25) is 14.4 Å². The molecule has 0 aliphatic carbocycles. The summed E-state index contributed by atoms with van der Waals surface area (Å²) in [6.45, 7) is 8.29. The molecule has 10 heteroatoms. The highest BCUT2D eigenvalue weighted by molar-refractivity contribution is 5.86. The molecule has 256 valence electrons. The molecule has 0 saturated carbocycles. The third-order valence-corrected chi connectivity index (χ3v) is 7.47. The molecule has 0 aliphatic heterocycles. The highest BCUT2D eigenvalue weighted by atomic mass is 16.5. The second kappa shape index (κ2) is 23.8. The Kier molecular flexibility index (Phi) is 19.6. The topological polar surface area (TPSA) is 134 Å². The van der Waals surface area contributed by atoms with E-state index >= 15 is 0 Å². The molecular formula is C37H51N3O7. The molecule has 10 nitrogen and oxygen atoms in total. The molecular weight excluding hydrogens is 598 g/mol. The fourth-order valence-corrected chi connectivity index (χ4v) is 4.86. The van der Waals surface area contributed by atoms with Crippen molar-refractivity contribution < 1.29 is 33.8 Å². The standard InChI is InChI=1S/C37H51N3O7/c1-3-5-6-13-22-35(43)46-29-33(21-14-15-23-38-37(45)47-28-31-19-11-8-12-20-31)39-36(44)32(16-4-2)26-34(42)40(24-25-41)27-30-17-9-7-10-18-30/h3-4,7-12,17-20,32-33,41H,1-2,5-6,13-16,21-29H2,(H,38,45)(H,39,44)/t32-,33+/m1/s1. The number of aliphatic hydroxyl groups excluding tert-OH is 1. The Balaban J connectivity index is 1.94. The molecule has 0 aromatic heterocycles. The summed E-state index contributed by atoms with van der Waals surface area (Å²) >= 11 is 0. The van der Waals surface area contributed by atoms with Crippen molar-refractivity contribution in [3.8, 4) is 0 Å². The van der Waals surface area contributed by atoms with Crippen molar-refractivity contribution in [2.24, 2.45) is 5.92 Å². The van der Waals surface area contributed by atoms with E-state index < -0.39 is 18.1 Å². The number of ether oxygens (including phenoxy) is 2. The minimum atomic E-state index is -0.685. The number of nitrogens with zero attached hydrogens (tertiary/aromatic N) is 1. The van der Waals surface area contributed by atoms with Gasteiger partial charge in [-0.05, 0) is 56.1 Å². The van der Waals surface area contributed by atoms with Gasteiger partial charge >= 0.3 is 12.1 Å². The van der Waals surface area contributed by atoms with Gasteiger partial charge in [-0.25, -0.2) is 4.79 Å². The number of allylic oxidation sites excluding steroid dienone is 2. The van der Waals surface area contributed by atoms with E-state index in [2.05, 4.69) is 23.8 Å². The number of carbonyl (C=O) groups is 4. The van der Waals surface area contributed by atoms with Crippen LogP contribution in [-0.4, -0.2) is 66.2 Å². The minimum Gasteiger partial charge on any atom is -0.463 e. The van der Waals surface area contributed by atoms with E-state index in [9.17, 15) is 24.3 Å². The van der Waals surface area contributed by atoms with E-state index in [0.29, 0.717) is 38.8 Å². The Bertz CT molecular complexity index is 1220. The highest BCUT2D eigenvalue weighted by Crippen LogP contribution is 2.16. The lowest BCUT2D eigenvalue weighted by Crippen LogP contribution is -2.44. The molecule has 0 unspecified atom stereocenters. The Morgan fingerprint density at radius 3 is 2.23 bits per heavy atom. The largest absolute Gasteiger partial charge is 0.463 e. The molecule has 2 aromatic rings. The lowest BCUT2D eigenvalue weighted by Gasteiger charge is -2.26. The van der Waals surface area contributed by atoms with Crippen molar-refractivity contribution in [1.82, 2.24) is 15.5 Å². The number of nitrogens with one attached hydrogen (secondary N) is 2. The summed E-state index contributed by atoms with van der Waals surface area (Å²) in [6, 6.07) is 18.4. The lowest BCUT2D eigenvalue weighted by molar-refractivity contribution is -0.145. The maximum atomic E-state index is 13.5. The second-order valence-electron chi connectivity index (χ2n) is 11.4. The molecule has 0 saturated heterocycles. The first kappa shape index (κ1) is 38.7. The van der Waals surface area contributed by atoms with Gasteiger partial charge in [0, 0.05) is 32.5 Å². The van der Waals surface area contributed by atoms with Gasteiger partial charge in [0.2, 0.25) is 11.8 Å². The fraction of sp³-hybridized carbons (Fsp3) is 0.459. The van der Waals surface area contributed by atoms with E-state index in [0.717, 1.165) is 24.0 Å². The Morgan fingerprint density at radius 1 is 0.872 bits per heavy atom. The first-order valence-electron chi connectivity index (χ1n) is 16.4. The predicted molar refractivity (Wildman–Crippen MR) is 182 cm³/mol. The Hall–Kier alpha value is -4.44. The van der Waals surface area contributed by atoms with Gasteiger partial charge in [-0.1, -0.05) is 72.8 Å². The summed E-state index contributed by atoms with van der Waals surface area (Å²) in [6.07, 6.45) is 7.49. The van der Waals surface area contributed by atoms with Crippen molar-refractivity contribution in [2.75, 3.05) is 26.3 Å². The number of amides is 3. The van der Waals surface area contributed by atoms with E-state index in [-0.39, 0.29) is 63.4 Å². The summed E-state index contributed by atoms with van der Waals surface area (Å²) < 4.78 is 10.8. The summed E-state index contributed by atoms with van der Waals surface area (Å²) in [5.74, 6) is -1.61. The van der Waals surface area contributed by atoms with Crippen molar-refractivity contribution in [2.45, 2.75) is 77.0 Å². The highest BCUT2D eigenvalue weighted by Gasteiger charge is 2.26. The van der Waals surface area contributed by atoms with Crippen molar-refractivity contribution in [1.29, 1.82) is 0 Å². The average Bonchev–Trinajstić information content (AvgIpc) is 3.08. The molecule has 0 aliphatic rings. The summed E-state index contributed by atoms with van der Waals surface area (Å²) in [7, 11) is 0. The van der Waals surface area contributed by atoms with E-state index in [1.807, 2.05) is 66.7 Å². The molecule has 0 heterocycles. The van der Waals surface area contributed by atoms with Crippen LogP contribution in [0.2, 0.25) is 0 Å². The number of hydrogen-bond donors (Lipinski definition) is 3. The maximum absolute atomic E-state index is 13.5. The molecule has 0 spiro atoms. The van der Waals surface area contributed by atoms with Crippen LogP contribution in [0.4, 0.5) is 4.79 Å². The van der Waals surface area contributed by atoms with Gasteiger partial charge in [0.25, 0.3) is 0 Å². The smallest absolute Gasteiger partial charge is 0.407 e. The molecule has 2 atom stereocenters. The fourth-order valence-electron chi connectivity index (χ4n) is 4.86. The third kappa shape index (κ3) is 17.2. The van der Waals surface area contributed by atoms with Crippen LogP contribution in [0.3, 0.4) is 0 Å². The van der Waals surface area contributed by atoms with Gasteiger partial charge in [-0.2, -0.15) is 0 Å². The Labute approximate surface area is 279 Å². The zero-order chi connectivity index (χ0) is 34.1. The number of esters is 1. The zero-order valence-corrected chi connectivity index (χ0v) is 27.4. The molecule has 2 aromatic carbocycles. The van der Waals surface area contributed by atoms with Crippen LogP contribution in [0.15, 0.2) is 86.0 Å². The molecule has 3 N–H and O–H groups in total. The first-order chi connectivity index (χ1) is 22.9. The minimum absolute atomic E-state index is 0.00201. The number of unbranched alkanes of at least 4 members (excludes halogenated alkanes) is 3.